The first-order valence-electron chi connectivity index (χ1n) is 10.2. The molecule has 1 aromatic carbocycles. The van der Waals surface area contributed by atoms with Crippen molar-refractivity contribution in [3.05, 3.63) is 42.2 Å². The maximum absolute atomic E-state index is 13.2. The number of carbonyl (C=O) groups is 1. The van der Waals surface area contributed by atoms with Crippen molar-refractivity contribution >= 4 is 17.4 Å². The molecule has 2 aromatic rings. The number of amides is 1. The van der Waals surface area contributed by atoms with Gasteiger partial charge in [0.05, 0.1) is 11.4 Å². The van der Waals surface area contributed by atoms with Gasteiger partial charge >= 0.3 is 0 Å². The van der Waals surface area contributed by atoms with Crippen molar-refractivity contribution in [1.82, 2.24) is 14.8 Å². The fraction of sp³-hybridized carbons (Fsp3) is 0.455. The third kappa shape index (κ3) is 3.60. The number of carbonyl (C=O) groups excluding carboxylic acids is 1. The van der Waals surface area contributed by atoms with E-state index in [0.717, 1.165) is 31.1 Å². The van der Waals surface area contributed by atoms with Gasteiger partial charge in [-0.2, -0.15) is 0 Å². The first-order valence-corrected chi connectivity index (χ1v) is 10.2. The third-order valence-electron chi connectivity index (χ3n) is 6.54. The summed E-state index contributed by atoms with van der Waals surface area (Å²) in [6.45, 7) is 5.55. The number of hydrogen-bond donors (Lipinski definition) is 2. The van der Waals surface area contributed by atoms with Crippen LogP contribution < -0.4 is 11.1 Å². The maximum atomic E-state index is 13.2. The highest BCUT2D eigenvalue weighted by molar-refractivity contribution is 5.96. The minimum atomic E-state index is -0.295. The van der Waals surface area contributed by atoms with E-state index >= 15 is 0 Å². The molecule has 0 bridgehead atoms. The van der Waals surface area contributed by atoms with Crippen LogP contribution in [0.1, 0.15) is 0 Å². The van der Waals surface area contributed by atoms with Crippen molar-refractivity contribution in [3.63, 3.8) is 0 Å². The second kappa shape index (κ2) is 7.07. The summed E-state index contributed by atoms with van der Waals surface area (Å²) < 4.78 is 13.2. The molecule has 3 aliphatic rings. The van der Waals surface area contributed by atoms with Crippen molar-refractivity contribution in [2.24, 2.45) is 23.7 Å². The number of benzene rings is 1. The predicted molar refractivity (Wildman–Crippen MR) is 111 cm³/mol. The van der Waals surface area contributed by atoms with Gasteiger partial charge in [-0.15, -0.1) is 0 Å². The Hall–Kier alpha value is -2.51. The Morgan fingerprint density at radius 1 is 1.14 bits per heavy atom. The summed E-state index contributed by atoms with van der Waals surface area (Å²) in [5.74, 6) is 1.85. The number of nitrogens with two attached hydrogens (primary N) is 1. The number of hydrogen-bond acceptors (Lipinski definition) is 5. The molecule has 1 aromatic heterocycles. The Morgan fingerprint density at radius 2 is 1.83 bits per heavy atom. The zero-order valence-corrected chi connectivity index (χ0v) is 16.5. The van der Waals surface area contributed by atoms with Gasteiger partial charge in [-0.05, 0) is 61.2 Å². The predicted octanol–water partition coefficient (Wildman–Crippen LogP) is 2.15. The molecule has 152 valence electrons. The number of piperidine rings is 1. The van der Waals surface area contributed by atoms with Gasteiger partial charge in [-0.1, -0.05) is 0 Å². The highest BCUT2D eigenvalue weighted by atomic mass is 19.1. The monoisotopic (exact) mass is 395 g/mol. The minimum Gasteiger partial charge on any atom is -0.396 e. The van der Waals surface area contributed by atoms with E-state index in [1.54, 1.807) is 24.3 Å². The number of nitrogens with zero attached hydrogens (tertiary/aromatic N) is 3. The van der Waals surface area contributed by atoms with Gasteiger partial charge < -0.3 is 20.9 Å². The summed E-state index contributed by atoms with van der Waals surface area (Å²) in [4.78, 5) is 22.1. The molecule has 0 spiro atoms. The lowest BCUT2D eigenvalue weighted by Gasteiger charge is -2.38. The SMILES string of the molecule is CN1CC(CN2C[C@@H]3C(C(=O)Nc4nc(-c5ccc(F)cc5)ccc4N)[C@@H]3C2)C1. The van der Waals surface area contributed by atoms with E-state index in [1.165, 1.54) is 25.2 Å². The summed E-state index contributed by atoms with van der Waals surface area (Å²) in [5.41, 5.74) is 7.91. The molecule has 1 aliphatic carbocycles. The number of aromatic nitrogens is 1. The molecule has 0 radical (unpaired) electrons. The quantitative estimate of drug-likeness (QED) is 0.812. The lowest BCUT2D eigenvalue weighted by Crippen LogP contribution is -2.49. The molecule has 3 heterocycles. The maximum Gasteiger partial charge on any atom is 0.229 e. The molecule has 3 atom stereocenters. The average Bonchev–Trinajstić information content (AvgIpc) is 3.19. The van der Waals surface area contributed by atoms with Crippen LogP contribution in [0.25, 0.3) is 11.3 Å². The number of anilines is 2. The van der Waals surface area contributed by atoms with Crippen LogP contribution in [-0.2, 0) is 4.79 Å². The fourth-order valence-corrected chi connectivity index (χ4v) is 5.01. The van der Waals surface area contributed by atoms with Gasteiger partial charge in [-0.3, -0.25) is 4.79 Å². The first-order chi connectivity index (χ1) is 14.0. The van der Waals surface area contributed by atoms with Crippen LogP contribution >= 0.6 is 0 Å². The Kier molecular flexibility index (Phi) is 4.52. The number of rotatable bonds is 5. The summed E-state index contributed by atoms with van der Waals surface area (Å²) in [6.07, 6.45) is 0. The van der Waals surface area contributed by atoms with Crippen LogP contribution in [-0.4, -0.2) is 60.5 Å². The van der Waals surface area contributed by atoms with Gasteiger partial charge in [0, 0.05) is 44.2 Å². The van der Waals surface area contributed by atoms with Crippen molar-refractivity contribution < 1.29 is 9.18 Å². The van der Waals surface area contributed by atoms with Crippen LogP contribution in [0, 0.1) is 29.5 Å². The van der Waals surface area contributed by atoms with E-state index in [-0.39, 0.29) is 17.6 Å². The first kappa shape index (κ1) is 18.5. The Bertz CT molecular complexity index is 915. The number of likely N-dealkylation sites (tertiary alicyclic amines) is 2. The van der Waals surface area contributed by atoms with E-state index in [2.05, 4.69) is 27.1 Å². The van der Waals surface area contributed by atoms with Crippen molar-refractivity contribution in [1.29, 1.82) is 0 Å². The van der Waals surface area contributed by atoms with E-state index in [4.69, 9.17) is 5.73 Å². The molecular formula is C22H26FN5O. The number of nitrogens with one attached hydrogen (secondary N) is 1. The van der Waals surface area contributed by atoms with E-state index in [0.29, 0.717) is 29.0 Å². The van der Waals surface area contributed by atoms with Gasteiger partial charge in [0.2, 0.25) is 5.91 Å². The number of pyridine rings is 1. The molecule has 5 rings (SSSR count). The van der Waals surface area contributed by atoms with Crippen LogP contribution in [0.3, 0.4) is 0 Å². The second-order valence-corrected chi connectivity index (χ2v) is 8.79. The molecule has 1 unspecified atom stereocenters. The van der Waals surface area contributed by atoms with Crippen LogP contribution in [0.2, 0.25) is 0 Å². The highest BCUT2D eigenvalue weighted by Gasteiger charge is 2.59. The van der Waals surface area contributed by atoms with Gasteiger partial charge in [0.25, 0.3) is 0 Å². The zero-order chi connectivity index (χ0) is 20.1. The van der Waals surface area contributed by atoms with Crippen LogP contribution in [0.15, 0.2) is 36.4 Å². The highest BCUT2D eigenvalue weighted by Crippen LogP contribution is 2.52. The second-order valence-electron chi connectivity index (χ2n) is 8.79. The molecular weight excluding hydrogens is 369 g/mol. The summed E-state index contributed by atoms with van der Waals surface area (Å²) in [7, 11) is 2.16. The standard InChI is InChI=1S/C22H26FN5O/c1-27-8-13(9-27)10-28-11-16-17(12-28)20(16)22(29)26-21-18(24)6-7-19(25-21)14-2-4-15(23)5-3-14/h2-7,13,16-17,20H,8-12,24H2,1H3,(H,25,26,29)/t16-,17+,20?. The molecule has 1 amide bonds. The third-order valence-corrected chi connectivity index (χ3v) is 6.54. The van der Waals surface area contributed by atoms with Crippen molar-refractivity contribution in [3.8, 4) is 11.3 Å². The van der Waals surface area contributed by atoms with Crippen LogP contribution in [0.5, 0.6) is 0 Å². The Balaban J connectivity index is 1.20. The van der Waals surface area contributed by atoms with E-state index in [1.807, 2.05) is 0 Å². The normalized spacial score (nSPS) is 26.8. The van der Waals surface area contributed by atoms with E-state index < -0.39 is 0 Å². The van der Waals surface area contributed by atoms with Crippen LogP contribution in [0.4, 0.5) is 15.9 Å². The molecule has 3 fully saturated rings. The van der Waals surface area contributed by atoms with Crippen molar-refractivity contribution in [2.75, 3.05) is 50.8 Å². The Labute approximate surface area is 169 Å². The number of fused-ring (bicyclic) bond motifs is 1. The smallest absolute Gasteiger partial charge is 0.229 e. The lowest BCUT2D eigenvalue weighted by molar-refractivity contribution is -0.118. The minimum absolute atomic E-state index is 0.0125. The Morgan fingerprint density at radius 3 is 2.48 bits per heavy atom. The molecule has 3 N–H and O–H groups in total. The largest absolute Gasteiger partial charge is 0.396 e. The lowest BCUT2D eigenvalue weighted by atomic mass is 10.0. The summed E-state index contributed by atoms with van der Waals surface area (Å²) >= 11 is 0. The average molecular weight is 395 g/mol. The van der Waals surface area contributed by atoms with Gasteiger partial charge in [0.1, 0.15) is 5.82 Å². The molecule has 7 heteroatoms. The molecule has 1 saturated carbocycles. The van der Waals surface area contributed by atoms with Gasteiger partial charge in [0.15, 0.2) is 5.82 Å². The fourth-order valence-electron chi connectivity index (χ4n) is 5.01. The molecule has 2 saturated heterocycles. The summed E-state index contributed by atoms with van der Waals surface area (Å²) in [6, 6.07) is 9.62. The van der Waals surface area contributed by atoms with E-state index in [9.17, 15) is 9.18 Å². The van der Waals surface area contributed by atoms with Crippen molar-refractivity contribution in [2.45, 2.75) is 0 Å². The topological polar surface area (TPSA) is 74.5 Å². The van der Waals surface area contributed by atoms with Gasteiger partial charge in [-0.25, -0.2) is 9.37 Å². The summed E-state index contributed by atoms with van der Waals surface area (Å²) in [5, 5.41) is 2.93. The zero-order valence-electron chi connectivity index (χ0n) is 16.5. The number of halogens is 1. The molecule has 6 nitrogen and oxygen atoms in total. The molecule has 2 aliphatic heterocycles. The molecule has 29 heavy (non-hydrogen) atoms. The number of nitrogen functional groups attached to an aromatic ring is 1.